The van der Waals surface area contributed by atoms with Crippen molar-refractivity contribution in [3.63, 3.8) is 0 Å². The lowest BCUT2D eigenvalue weighted by atomic mass is 9.73. The molecule has 4 nitrogen and oxygen atoms in total. The van der Waals surface area contributed by atoms with Gasteiger partial charge in [0, 0.05) is 11.5 Å². The van der Waals surface area contributed by atoms with Crippen LogP contribution in [0.15, 0.2) is 24.3 Å². The van der Waals surface area contributed by atoms with Crippen molar-refractivity contribution in [2.45, 2.75) is 18.9 Å². The SMILES string of the molecule is COC(=O)c1ccc(C2CC3(CCN2)COC3)cc1. The van der Waals surface area contributed by atoms with Gasteiger partial charge in [0.15, 0.2) is 0 Å². The van der Waals surface area contributed by atoms with Crippen molar-refractivity contribution in [3.8, 4) is 0 Å². The summed E-state index contributed by atoms with van der Waals surface area (Å²) in [5, 5.41) is 3.55. The van der Waals surface area contributed by atoms with Crippen LogP contribution in [-0.2, 0) is 9.47 Å². The molecule has 1 aromatic carbocycles. The van der Waals surface area contributed by atoms with Crippen LogP contribution in [0.2, 0.25) is 0 Å². The first-order valence-electron chi connectivity index (χ1n) is 6.72. The van der Waals surface area contributed by atoms with E-state index in [4.69, 9.17) is 9.47 Å². The van der Waals surface area contributed by atoms with Gasteiger partial charge in [-0.2, -0.15) is 0 Å². The van der Waals surface area contributed by atoms with E-state index in [1.807, 2.05) is 24.3 Å². The van der Waals surface area contributed by atoms with Gasteiger partial charge in [-0.3, -0.25) is 0 Å². The molecule has 1 spiro atoms. The molecule has 2 fully saturated rings. The van der Waals surface area contributed by atoms with Gasteiger partial charge < -0.3 is 14.8 Å². The number of methoxy groups -OCH3 is 1. The van der Waals surface area contributed by atoms with E-state index in [0.29, 0.717) is 17.0 Å². The minimum Gasteiger partial charge on any atom is -0.465 e. The van der Waals surface area contributed by atoms with E-state index in [1.54, 1.807) is 0 Å². The van der Waals surface area contributed by atoms with Gasteiger partial charge in [-0.05, 0) is 37.1 Å². The first kappa shape index (κ1) is 12.6. The second kappa shape index (κ2) is 4.94. The summed E-state index contributed by atoms with van der Waals surface area (Å²) in [7, 11) is 1.40. The monoisotopic (exact) mass is 261 g/mol. The molecule has 2 aliphatic rings. The lowest BCUT2D eigenvalue weighted by molar-refractivity contribution is -0.134. The molecule has 0 amide bonds. The van der Waals surface area contributed by atoms with E-state index in [9.17, 15) is 4.79 Å². The normalized spacial score (nSPS) is 24.8. The number of carbonyl (C=O) groups excluding carboxylic acids is 1. The summed E-state index contributed by atoms with van der Waals surface area (Å²) < 4.78 is 10.1. The lowest BCUT2D eigenvalue weighted by Crippen LogP contribution is -2.50. The Hall–Kier alpha value is -1.39. The number of rotatable bonds is 2. The average Bonchev–Trinajstić information content (AvgIpc) is 2.45. The summed E-state index contributed by atoms with van der Waals surface area (Å²) in [6.07, 6.45) is 2.31. The van der Waals surface area contributed by atoms with Crippen LogP contribution in [0.25, 0.3) is 0 Å². The van der Waals surface area contributed by atoms with Crippen LogP contribution in [0.3, 0.4) is 0 Å². The number of hydrogen-bond donors (Lipinski definition) is 1. The average molecular weight is 261 g/mol. The van der Waals surface area contributed by atoms with Gasteiger partial charge >= 0.3 is 5.97 Å². The Labute approximate surface area is 113 Å². The standard InChI is InChI=1S/C15H19NO3/c1-18-14(17)12-4-2-11(3-5-12)13-8-15(6-7-16-13)9-19-10-15/h2-5,13,16H,6-10H2,1H3. The lowest BCUT2D eigenvalue weighted by Gasteiger charge is -2.47. The van der Waals surface area contributed by atoms with Crippen LogP contribution < -0.4 is 5.32 Å². The summed E-state index contributed by atoms with van der Waals surface area (Å²) in [6, 6.07) is 8.07. The highest BCUT2D eigenvalue weighted by Crippen LogP contribution is 2.42. The van der Waals surface area contributed by atoms with E-state index in [0.717, 1.165) is 26.2 Å². The molecule has 1 atom stereocenters. The molecule has 2 saturated heterocycles. The molecule has 0 radical (unpaired) electrons. The Balaban J connectivity index is 1.73. The van der Waals surface area contributed by atoms with Crippen molar-refractivity contribution in [3.05, 3.63) is 35.4 Å². The van der Waals surface area contributed by atoms with Crippen LogP contribution in [0, 0.1) is 5.41 Å². The number of benzene rings is 1. The highest BCUT2D eigenvalue weighted by Gasteiger charge is 2.42. The minimum absolute atomic E-state index is 0.285. The van der Waals surface area contributed by atoms with Gasteiger partial charge in [0.05, 0.1) is 25.9 Å². The van der Waals surface area contributed by atoms with Crippen molar-refractivity contribution in [1.29, 1.82) is 0 Å². The zero-order valence-corrected chi connectivity index (χ0v) is 11.1. The van der Waals surface area contributed by atoms with Gasteiger partial charge in [0.2, 0.25) is 0 Å². The molecule has 2 heterocycles. The van der Waals surface area contributed by atoms with E-state index >= 15 is 0 Å². The predicted octanol–water partition coefficient (Wildman–Crippen LogP) is 1.91. The quantitative estimate of drug-likeness (QED) is 0.826. The number of nitrogens with one attached hydrogen (secondary N) is 1. The largest absolute Gasteiger partial charge is 0.465 e. The molecule has 102 valence electrons. The zero-order chi connectivity index (χ0) is 13.3. The number of hydrogen-bond acceptors (Lipinski definition) is 4. The molecule has 19 heavy (non-hydrogen) atoms. The molecule has 1 aromatic rings. The molecule has 0 aromatic heterocycles. The molecular weight excluding hydrogens is 242 g/mol. The van der Waals surface area contributed by atoms with Crippen LogP contribution in [0.1, 0.15) is 34.8 Å². The number of carbonyl (C=O) groups is 1. The molecule has 0 bridgehead atoms. The van der Waals surface area contributed by atoms with Gasteiger partial charge in [-0.25, -0.2) is 4.79 Å². The van der Waals surface area contributed by atoms with E-state index in [-0.39, 0.29) is 5.97 Å². The van der Waals surface area contributed by atoms with Gasteiger partial charge in [0.1, 0.15) is 0 Å². The van der Waals surface area contributed by atoms with E-state index in [2.05, 4.69) is 5.32 Å². The fourth-order valence-electron chi connectivity index (χ4n) is 2.98. The van der Waals surface area contributed by atoms with E-state index < -0.39 is 0 Å². The first-order chi connectivity index (χ1) is 9.22. The van der Waals surface area contributed by atoms with Crippen molar-refractivity contribution in [1.82, 2.24) is 5.32 Å². The van der Waals surface area contributed by atoms with E-state index in [1.165, 1.54) is 19.1 Å². The topological polar surface area (TPSA) is 47.6 Å². The van der Waals surface area contributed by atoms with Crippen LogP contribution >= 0.6 is 0 Å². The Morgan fingerprint density at radius 2 is 2.11 bits per heavy atom. The first-order valence-corrected chi connectivity index (χ1v) is 6.72. The smallest absolute Gasteiger partial charge is 0.337 e. The molecule has 1 unspecified atom stereocenters. The molecule has 3 rings (SSSR count). The summed E-state index contributed by atoms with van der Waals surface area (Å²) in [6.45, 7) is 2.82. The number of esters is 1. The maximum Gasteiger partial charge on any atom is 0.337 e. The molecule has 1 N–H and O–H groups in total. The Bertz CT molecular complexity index is 465. The van der Waals surface area contributed by atoms with Crippen molar-refractivity contribution >= 4 is 5.97 Å². The summed E-state index contributed by atoms with van der Waals surface area (Å²) in [5.74, 6) is -0.285. The third-order valence-corrected chi connectivity index (χ3v) is 4.23. The fraction of sp³-hybridized carbons (Fsp3) is 0.533. The third kappa shape index (κ3) is 2.38. The number of piperidine rings is 1. The Morgan fingerprint density at radius 3 is 2.68 bits per heavy atom. The highest BCUT2D eigenvalue weighted by molar-refractivity contribution is 5.89. The van der Waals surface area contributed by atoms with Gasteiger partial charge in [0.25, 0.3) is 0 Å². The highest BCUT2D eigenvalue weighted by atomic mass is 16.5. The second-order valence-corrected chi connectivity index (χ2v) is 5.57. The fourth-order valence-corrected chi connectivity index (χ4v) is 2.98. The minimum atomic E-state index is -0.285. The molecule has 0 aliphatic carbocycles. The van der Waals surface area contributed by atoms with Crippen molar-refractivity contribution in [2.75, 3.05) is 26.9 Å². The maximum absolute atomic E-state index is 11.4. The third-order valence-electron chi connectivity index (χ3n) is 4.23. The second-order valence-electron chi connectivity index (χ2n) is 5.57. The van der Waals surface area contributed by atoms with Crippen LogP contribution in [0.4, 0.5) is 0 Å². The van der Waals surface area contributed by atoms with Crippen molar-refractivity contribution in [2.24, 2.45) is 5.41 Å². The predicted molar refractivity (Wildman–Crippen MR) is 71.0 cm³/mol. The van der Waals surface area contributed by atoms with Gasteiger partial charge in [-0.15, -0.1) is 0 Å². The number of ether oxygens (including phenoxy) is 2. The molecule has 4 heteroatoms. The summed E-state index contributed by atoms with van der Waals surface area (Å²) >= 11 is 0. The van der Waals surface area contributed by atoms with Crippen LogP contribution in [-0.4, -0.2) is 32.8 Å². The van der Waals surface area contributed by atoms with Gasteiger partial charge in [-0.1, -0.05) is 12.1 Å². The maximum atomic E-state index is 11.4. The van der Waals surface area contributed by atoms with Crippen molar-refractivity contribution < 1.29 is 14.3 Å². The summed E-state index contributed by atoms with van der Waals surface area (Å²) in [5.41, 5.74) is 2.22. The van der Waals surface area contributed by atoms with Crippen LogP contribution in [0.5, 0.6) is 0 Å². The molecular formula is C15H19NO3. The molecule has 2 aliphatic heterocycles. The molecule has 0 saturated carbocycles. The summed E-state index contributed by atoms with van der Waals surface area (Å²) in [4.78, 5) is 11.4. The Morgan fingerprint density at radius 1 is 1.37 bits per heavy atom. The Kier molecular flexibility index (Phi) is 3.29. The zero-order valence-electron chi connectivity index (χ0n) is 11.1.